The van der Waals surface area contributed by atoms with Gasteiger partial charge < -0.3 is 16.0 Å². The van der Waals surface area contributed by atoms with Gasteiger partial charge in [0.2, 0.25) is 11.8 Å². The number of nitrogens with one attached hydrogen (secondary N) is 1. The molecule has 1 saturated heterocycles. The van der Waals surface area contributed by atoms with Crippen molar-refractivity contribution >= 4 is 39.8 Å². The summed E-state index contributed by atoms with van der Waals surface area (Å²) in [6.07, 6.45) is 2.15. The first kappa shape index (κ1) is 15.8. The minimum atomic E-state index is -1.05. The molecule has 7 heteroatoms. The van der Waals surface area contributed by atoms with E-state index >= 15 is 0 Å². The van der Waals surface area contributed by atoms with E-state index < -0.39 is 12.1 Å². The Hall–Kier alpha value is -2.70. The van der Waals surface area contributed by atoms with Crippen LogP contribution in [0.3, 0.4) is 0 Å². The number of rotatable bonds is 3. The molecule has 2 aromatic rings. The van der Waals surface area contributed by atoms with Crippen LogP contribution in [0.2, 0.25) is 0 Å². The topological polar surface area (TPSA) is 88.3 Å². The zero-order valence-corrected chi connectivity index (χ0v) is 13.8. The quantitative estimate of drug-likeness (QED) is 0.839. The Morgan fingerprint density at radius 3 is 2.80 bits per heavy atom. The zero-order valence-electron chi connectivity index (χ0n) is 13.8. The van der Waals surface area contributed by atoms with E-state index in [4.69, 9.17) is 5.73 Å². The van der Waals surface area contributed by atoms with Gasteiger partial charge in [0.15, 0.2) is 0 Å². The van der Waals surface area contributed by atoms with Crippen molar-refractivity contribution in [2.45, 2.75) is 38.4 Å². The van der Waals surface area contributed by atoms with Crippen molar-refractivity contribution < 1.29 is 14.0 Å². The van der Waals surface area contributed by atoms with Gasteiger partial charge in [-0.05, 0) is 43.4 Å². The summed E-state index contributed by atoms with van der Waals surface area (Å²) < 4.78 is 13.0. The van der Waals surface area contributed by atoms with E-state index in [0.29, 0.717) is 17.9 Å². The van der Waals surface area contributed by atoms with E-state index in [1.165, 1.54) is 0 Å². The van der Waals surface area contributed by atoms with Crippen molar-refractivity contribution in [3.8, 4) is 0 Å². The Balaban J connectivity index is 1.68. The molecule has 25 heavy (non-hydrogen) atoms. The van der Waals surface area contributed by atoms with Gasteiger partial charge in [-0.25, -0.2) is 9.37 Å². The molecular weight excluding hydrogens is 323 g/mol. The summed E-state index contributed by atoms with van der Waals surface area (Å²) in [7, 11) is 0. The third kappa shape index (κ3) is 2.79. The fourth-order valence-corrected chi connectivity index (χ4v) is 3.36. The molecule has 0 bridgehead atoms. The molecule has 4 rings (SSSR count). The predicted molar refractivity (Wildman–Crippen MR) is 94.0 cm³/mol. The lowest BCUT2D eigenvalue weighted by atomic mass is 10.1. The van der Waals surface area contributed by atoms with E-state index in [1.54, 1.807) is 23.2 Å². The second-order valence-electron chi connectivity index (χ2n) is 6.82. The summed E-state index contributed by atoms with van der Waals surface area (Å²) >= 11 is 0. The predicted octanol–water partition coefficient (Wildman–Crippen LogP) is 2.63. The second kappa shape index (κ2) is 5.68. The van der Waals surface area contributed by atoms with Crippen molar-refractivity contribution in [2.75, 3.05) is 16.0 Å². The third-order valence-electron chi connectivity index (χ3n) is 4.92. The summed E-state index contributed by atoms with van der Waals surface area (Å²) in [5, 5.41) is 4.16. The van der Waals surface area contributed by atoms with Gasteiger partial charge in [0.05, 0.1) is 5.92 Å². The molecule has 0 spiro atoms. The van der Waals surface area contributed by atoms with Crippen LogP contribution in [0.15, 0.2) is 24.4 Å². The molecule has 3 atom stereocenters. The maximum atomic E-state index is 13.0. The lowest BCUT2D eigenvalue weighted by Crippen LogP contribution is -2.30. The molecule has 1 saturated carbocycles. The highest BCUT2D eigenvalue weighted by Crippen LogP contribution is 2.36. The van der Waals surface area contributed by atoms with Crippen molar-refractivity contribution in [1.29, 1.82) is 0 Å². The monoisotopic (exact) mass is 342 g/mol. The van der Waals surface area contributed by atoms with Gasteiger partial charge in [0.1, 0.15) is 12.0 Å². The van der Waals surface area contributed by atoms with Gasteiger partial charge in [0.25, 0.3) is 0 Å². The van der Waals surface area contributed by atoms with Crippen molar-refractivity contribution in [1.82, 2.24) is 4.98 Å². The van der Waals surface area contributed by atoms with E-state index in [9.17, 15) is 14.0 Å². The lowest BCUT2D eigenvalue weighted by Gasteiger charge is -2.22. The number of benzene rings is 1. The standard InChI is InChI=1S/C18H19FN4O2/c1-9-2-3-17(24)23(9)11-4-10-5-16(21-8-13(10)15(20)6-11)22-18(25)12-7-14(12)19/h4-6,8-9,12,14H,2-3,7,20H2,1H3,(H,21,22,25)/t9-,12-,14-/m1/s1. The summed E-state index contributed by atoms with van der Waals surface area (Å²) in [5.74, 6) is -0.491. The molecule has 0 radical (unpaired) electrons. The molecule has 2 fully saturated rings. The molecule has 1 aromatic carbocycles. The van der Waals surface area contributed by atoms with Crippen LogP contribution >= 0.6 is 0 Å². The average Bonchev–Trinajstić information content (AvgIpc) is 3.20. The average molecular weight is 342 g/mol. The smallest absolute Gasteiger partial charge is 0.231 e. The minimum absolute atomic E-state index is 0.0801. The number of nitrogens with zero attached hydrogens (tertiary/aromatic N) is 2. The Morgan fingerprint density at radius 2 is 2.16 bits per heavy atom. The number of nitrogens with two attached hydrogens (primary N) is 1. The second-order valence-corrected chi connectivity index (χ2v) is 6.82. The maximum absolute atomic E-state index is 13.0. The van der Waals surface area contributed by atoms with Crippen LogP contribution in [-0.4, -0.2) is 29.0 Å². The number of aromatic nitrogens is 1. The molecule has 3 N–H and O–H groups in total. The fraction of sp³-hybridized carbons (Fsp3) is 0.389. The molecular formula is C18H19FN4O2. The van der Waals surface area contributed by atoms with Gasteiger partial charge in [-0.1, -0.05) is 0 Å². The molecule has 130 valence electrons. The molecule has 1 aliphatic carbocycles. The van der Waals surface area contributed by atoms with Crippen LogP contribution in [-0.2, 0) is 9.59 Å². The molecule has 0 unspecified atom stereocenters. The first-order valence-corrected chi connectivity index (χ1v) is 8.40. The van der Waals surface area contributed by atoms with E-state index in [2.05, 4.69) is 10.3 Å². The number of amides is 2. The van der Waals surface area contributed by atoms with Gasteiger partial charge in [-0.15, -0.1) is 0 Å². The van der Waals surface area contributed by atoms with Crippen LogP contribution in [0.5, 0.6) is 0 Å². The Bertz CT molecular complexity index is 885. The van der Waals surface area contributed by atoms with Gasteiger partial charge in [-0.3, -0.25) is 9.59 Å². The number of pyridine rings is 1. The molecule has 6 nitrogen and oxygen atoms in total. The van der Waals surface area contributed by atoms with Crippen LogP contribution < -0.4 is 16.0 Å². The van der Waals surface area contributed by atoms with Crippen LogP contribution in [0.4, 0.5) is 21.6 Å². The van der Waals surface area contributed by atoms with E-state index in [-0.39, 0.29) is 24.3 Å². The first-order chi connectivity index (χ1) is 11.9. The zero-order chi connectivity index (χ0) is 17.7. The minimum Gasteiger partial charge on any atom is -0.398 e. The summed E-state index contributed by atoms with van der Waals surface area (Å²) in [4.78, 5) is 30.0. The maximum Gasteiger partial charge on any atom is 0.231 e. The number of alkyl halides is 1. The molecule has 2 aliphatic rings. The molecule has 2 heterocycles. The third-order valence-corrected chi connectivity index (χ3v) is 4.92. The van der Waals surface area contributed by atoms with Gasteiger partial charge in [0, 0.05) is 35.4 Å². The summed E-state index contributed by atoms with van der Waals surface area (Å²) in [6, 6.07) is 5.48. The van der Waals surface area contributed by atoms with Crippen molar-refractivity contribution in [3.63, 3.8) is 0 Å². The number of carbonyl (C=O) groups excluding carboxylic acids is 2. The van der Waals surface area contributed by atoms with Gasteiger partial charge >= 0.3 is 0 Å². The highest BCUT2D eigenvalue weighted by atomic mass is 19.1. The fourth-order valence-electron chi connectivity index (χ4n) is 3.36. The normalized spacial score (nSPS) is 25.4. The summed E-state index contributed by atoms with van der Waals surface area (Å²) in [6.45, 7) is 2.01. The SMILES string of the molecule is C[C@@H]1CCC(=O)N1c1cc(N)c2cnc(NC(=O)[C@@H]3C[C@H]3F)cc2c1. The molecule has 1 aliphatic heterocycles. The highest BCUT2D eigenvalue weighted by Gasteiger charge is 2.43. The Morgan fingerprint density at radius 1 is 1.40 bits per heavy atom. The first-order valence-electron chi connectivity index (χ1n) is 8.40. The number of anilines is 3. The van der Waals surface area contributed by atoms with Gasteiger partial charge in [-0.2, -0.15) is 0 Å². The van der Waals surface area contributed by atoms with Crippen LogP contribution in [0, 0.1) is 5.92 Å². The number of halogens is 1. The Kier molecular flexibility index (Phi) is 3.59. The van der Waals surface area contributed by atoms with Crippen LogP contribution in [0.1, 0.15) is 26.2 Å². The number of carbonyl (C=O) groups is 2. The van der Waals surface area contributed by atoms with E-state index in [0.717, 1.165) is 22.9 Å². The Labute approximate surface area is 144 Å². The number of hydrogen-bond acceptors (Lipinski definition) is 4. The lowest BCUT2D eigenvalue weighted by molar-refractivity contribution is -0.118. The highest BCUT2D eigenvalue weighted by molar-refractivity contribution is 6.03. The van der Waals surface area contributed by atoms with E-state index in [1.807, 2.05) is 13.0 Å². The summed E-state index contributed by atoms with van der Waals surface area (Å²) in [5.41, 5.74) is 7.40. The number of nitrogen functional groups attached to an aromatic ring is 1. The van der Waals surface area contributed by atoms with Crippen molar-refractivity contribution in [3.05, 3.63) is 24.4 Å². The molecule has 1 aromatic heterocycles. The number of fused-ring (bicyclic) bond motifs is 1. The molecule has 2 amide bonds. The largest absolute Gasteiger partial charge is 0.398 e. The van der Waals surface area contributed by atoms with Crippen LogP contribution in [0.25, 0.3) is 10.8 Å². The van der Waals surface area contributed by atoms with Crippen molar-refractivity contribution in [2.24, 2.45) is 5.92 Å². The number of hydrogen-bond donors (Lipinski definition) is 2.